The molecule has 1 aliphatic heterocycles. The predicted octanol–water partition coefficient (Wildman–Crippen LogP) is 4.18. The maximum absolute atomic E-state index is 12.0. The number of esters is 1. The average Bonchev–Trinajstić information content (AvgIpc) is 2.85. The molecule has 0 bridgehead atoms. The Kier molecular flexibility index (Phi) is 3.30. The van der Waals surface area contributed by atoms with Gasteiger partial charge >= 0.3 is 5.97 Å². The van der Waals surface area contributed by atoms with E-state index < -0.39 is 0 Å². The van der Waals surface area contributed by atoms with Crippen molar-refractivity contribution in [1.82, 2.24) is 0 Å². The van der Waals surface area contributed by atoms with E-state index >= 15 is 0 Å². The van der Waals surface area contributed by atoms with Crippen LogP contribution in [0.5, 0.6) is 0 Å². The molecule has 2 atom stereocenters. The minimum Gasteiger partial charge on any atom is -0.452 e. The van der Waals surface area contributed by atoms with Gasteiger partial charge in [-0.2, -0.15) is 0 Å². The van der Waals surface area contributed by atoms with Crippen LogP contribution >= 0.6 is 11.8 Å². The van der Waals surface area contributed by atoms with Crippen LogP contribution < -0.4 is 0 Å². The van der Waals surface area contributed by atoms with Gasteiger partial charge in [0.05, 0.1) is 10.3 Å². The Morgan fingerprint density at radius 1 is 1.05 bits per heavy atom. The van der Waals surface area contributed by atoms with Crippen molar-refractivity contribution in [2.75, 3.05) is 6.26 Å². The van der Waals surface area contributed by atoms with Crippen LogP contribution in [0.3, 0.4) is 0 Å². The summed E-state index contributed by atoms with van der Waals surface area (Å²) in [5.41, 5.74) is 2.84. The normalized spacial score (nSPS) is 20.1. The van der Waals surface area contributed by atoms with Crippen LogP contribution in [0.15, 0.2) is 54.6 Å². The van der Waals surface area contributed by atoms with Crippen LogP contribution in [0.2, 0.25) is 0 Å². The largest absolute Gasteiger partial charge is 0.452 e. The van der Waals surface area contributed by atoms with Gasteiger partial charge in [-0.25, -0.2) is 4.79 Å². The highest BCUT2D eigenvalue weighted by atomic mass is 32.2. The first-order chi connectivity index (χ1) is 9.66. The predicted molar refractivity (Wildman–Crippen MR) is 81.9 cm³/mol. The van der Waals surface area contributed by atoms with E-state index in [1.54, 1.807) is 11.8 Å². The second-order valence-electron chi connectivity index (χ2n) is 5.05. The molecule has 0 radical (unpaired) electrons. The summed E-state index contributed by atoms with van der Waals surface area (Å²) >= 11 is 1.71. The zero-order chi connectivity index (χ0) is 14.2. The van der Waals surface area contributed by atoms with Crippen molar-refractivity contribution >= 4 is 17.7 Å². The molecule has 2 nitrogen and oxygen atoms in total. The Hall–Kier alpha value is -1.74. The van der Waals surface area contributed by atoms with E-state index in [2.05, 4.69) is 25.3 Å². The van der Waals surface area contributed by atoms with Gasteiger partial charge in [-0.05, 0) is 24.8 Å². The number of ether oxygens (including phenoxy) is 1. The summed E-state index contributed by atoms with van der Waals surface area (Å²) in [7, 11) is 0. The molecule has 0 saturated heterocycles. The minimum absolute atomic E-state index is 0.221. The number of thioether (sulfide) groups is 1. The summed E-state index contributed by atoms with van der Waals surface area (Å²) in [4.78, 5) is 12.0. The van der Waals surface area contributed by atoms with Gasteiger partial charge in [0.25, 0.3) is 0 Å². The van der Waals surface area contributed by atoms with Gasteiger partial charge in [0, 0.05) is 5.56 Å². The van der Waals surface area contributed by atoms with Crippen molar-refractivity contribution in [3.8, 4) is 0 Å². The van der Waals surface area contributed by atoms with E-state index in [9.17, 15) is 4.79 Å². The third kappa shape index (κ3) is 1.93. The fourth-order valence-electron chi connectivity index (χ4n) is 2.70. The van der Waals surface area contributed by atoms with Crippen molar-refractivity contribution in [2.24, 2.45) is 0 Å². The van der Waals surface area contributed by atoms with Gasteiger partial charge < -0.3 is 4.74 Å². The van der Waals surface area contributed by atoms with Gasteiger partial charge in [-0.1, -0.05) is 48.5 Å². The molecule has 20 heavy (non-hydrogen) atoms. The Labute approximate surface area is 123 Å². The van der Waals surface area contributed by atoms with Gasteiger partial charge in [-0.15, -0.1) is 11.8 Å². The topological polar surface area (TPSA) is 26.3 Å². The molecular formula is C17H16O2S. The lowest BCUT2D eigenvalue weighted by Gasteiger charge is -2.33. The minimum atomic E-state index is -0.288. The van der Waals surface area contributed by atoms with Crippen molar-refractivity contribution in [3.63, 3.8) is 0 Å². The second kappa shape index (κ2) is 4.98. The molecule has 2 aromatic rings. The molecule has 1 heterocycles. The standard InChI is InChI=1S/C17H16O2S/c1-17(20-2,12-8-4-3-5-9-12)15-13-10-6-7-11-14(13)16(18)19-15/h3-11,15H,1-2H3. The molecule has 0 saturated carbocycles. The molecular weight excluding hydrogens is 268 g/mol. The van der Waals surface area contributed by atoms with Gasteiger partial charge in [0.1, 0.15) is 6.10 Å². The second-order valence-corrected chi connectivity index (χ2v) is 6.31. The van der Waals surface area contributed by atoms with E-state index in [0.717, 1.165) is 5.56 Å². The van der Waals surface area contributed by atoms with Gasteiger partial charge in [0.15, 0.2) is 0 Å². The summed E-state index contributed by atoms with van der Waals surface area (Å²) in [6.07, 6.45) is 1.81. The number of carbonyl (C=O) groups is 1. The third-order valence-electron chi connectivity index (χ3n) is 3.96. The zero-order valence-corrected chi connectivity index (χ0v) is 12.3. The molecule has 0 aliphatic carbocycles. The number of fused-ring (bicyclic) bond motifs is 1. The Morgan fingerprint density at radius 2 is 1.70 bits per heavy atom. The molecule has 0 aromatic heterocycles. The zero-order valence-electron chi connectivity index (χ0n) is 11.5. The molecule has 3 heteroatoms. The highest BCUT2D eigenvalue weighted by Gasteiger charge is 2.44. The SMILES string of the molecule is CSC(C)(c1ccccc1)C1OC(=O)c2ccccc21. The van der Waals surface area contributed by atoms with Crippen molar-refractivity contribution in [3.05, 3.63) is 71.3 Å². The van der Waals surface area contributed by atoms with Crippen LogP contribution in [0.1, 0.15) is 34.5 Å². The van der Waals surface area contributed by atoms with Gasteiger partial charge in [-0.3, -0.25) is 0 Å². The number of rotatable bonds is 3. The molecule has 0 amide bonds. The summed E-state index contributed by atoms with van der Waals surface area (Å²) in [5, 5.41) is 0. The Balaban J connectivity index is 2.10. The first-order valence-corrected chi connectivity index (χ1v) is 7.80. The first-order valence-electron chi connectivity index (χ1n) is 6.57. The quantitative estimate of drug-likeness (QED) is 0.791. The first kappa shape index (κ1) is 13.3. The molecule has 0 spiro atoms. The molecule has 0 N–H and O–H groups in total. The summed E-state index contributed by atoms with van der Waals surface area (Å²) in [5.74, 6) is -0.221. The third-order valence-corrected chi connectivity index (χ3v) is 5.26. The van der Waals surface area contributed by atoms with E-state index in [1.807, 2.05) is 42.5 Å². The molecule has 1 aliphatic rings. The number of benzene rings is 2. The van der Waals surface area contributed by atoms with E-state index in [0.29, 0.717) is 5.56 Å². The highest BCUT2D eigenvalue weighted by Crippen LogP contribution is 2.50. The summed E-state index contributed by atoms with van der Waals surface area (Å²) in [6, 6.07) is 17.9. The lowest BCUT2D eigenvalue weighted by molar-refractivity contribution is 0.0303. The van der Waals surface area contributed by atoms with Crippen LogP contribution in [0, 0.1) is 0 Å². The van der Waals surface area contributed by atoms with Crippen molar-refractivity contribution in [2.45, 2.75) is 17.8 Å². The smallest absolute Gasteiger partial charge is 0.339 e. The molecule has 2 aromatic carbocycles. The fourth-order valence-corrected chi connectivity index (χ4v) is 3.46. The Morgan fingerprint density at radius 3 is 2.40 bits per heavy atom. The molecule has 2 unspecified atom stereocenters. The lowest BCUT2D eigenvalue weighted by atomic mass is 9.89. The molecule has 0 fully saturated rings. The van der Waals surface area contributed by atoms with Gasteiger partial charge in [0.2, 0.25) is 0 Å². The van der Waals surface area contributed by atoms with Crippen molar-refractivity contribution < 1.29 is 9.53 Å². The molecule has 102 valence electrons. The van der Waals surface area contributed by atoms with E-state index in [1.165, 1.54) is 5.56 Å². The fraction of sp³-hybridized carbons (Fsp3) is 0.235. The number of hydrogen-bond acceptors (Lipinski definition) is 3. The summed E-state index contributed by atoms with van der Waals surface area (Å²) in [6.45, 7) is 2.13. The van der Waals surface area contributed by atoms with Crippen molar-refractivity contribution in [1.29, 1.82) is 0 Å². The van der Waals surface area contributed by atoms with E-state index in [-0.39, 0.29) is 16.8 Å². The maximum atomic E-state index is 12.0. The summed E-state index contributed by atoms with van der Waals surface area (Å²) < 4.78 is 5.39. The monoisotopic (exact) mass is 284 g/mol. The van der Waals surface area contributed by atoms with Crippen LogP contribution in [0.4, 0.5) is 0 Å². The van der Waals surface area contributed by atoms with Crippen LogP contribution in [-0.4, -0.2) is 12.2 Å². The number of cyclic esters (lactones) is 1. The maximum Gasteiger partial charge on any atom is 0.339 e. The van der Waals surface area contributed by atoms with Crippen LogP contribution in [0.25, 0.3) is 0 Å². The highest BCUT2D eigenvalue weighted by molar-refractivity contribution is 7.99. The lowest BCUT2D eigenvalue weighted by Crippen LogP contribution is -2.26. The number of carbonyl (C=O) groups excluding carboxylic acids is 1. The number of hydrogen-bond donors (Lipinski definition) is 0. The average molecular weight is 284 g/mol. The molecule has 3 rings (SSSR count). The van der Waals surface area contributed by atoms with E-state index in [4.69, 9.17) is 4.74 Å². The Bertz CT molecular complexity index is 638. The van der Waals surface area contributed by atoms with Crippen LogP contribution in [-0.2, 0) is 9.48 Å².